The van der Waals surface area contributed by atoms with Crippen LogP contribution >= 0.6 is 27.5 Å². The van der Waals surface area contributed by atoms with E-state index in [-0.39, 0.29) is 23.9 Å². The van der Waals surface area contributed by atoms with Crippen LogP contribution in [-0.4, -0.2) is 41.3 Å². The van der Waals surface area contributed by atoms with E-state index in [1.54, 1.807) is 48.9 Å². The fourth-order valence-electron chi connectivity index (χ4n) is 2.90. The van der Waals surface area contributed by atoms with Gasteiger partial charge in [-0.2, -0.15) is 4.31 Å². The van der Waals surface area contributed by atoms with Crippen LogP contribution in [0.2, 0.25) is 5.02 Å². The lowest BCUT2D eigenvalue weighted by Crippen LogP contribution is -2.40. The molecule has 31 heavy (non-hydrogen) atoms. The molecule has 0 unspecified atom stereocenters. The first-order chi connectivity index (χ1) is 14.8. The molecule has 1 heterocycles. The topological polar surface area (TPSA) is 84.3 Å². The van der Waals surface area contributed by atoms with Gasteiger partial charge in [0.1, 0.15) is 0 Å². The molecule has 2 aromatic carbocycles. The third-order valence-corrected chi connectivity index (χ3v) is 7.10. The monoisotopic (exact) mass is 524 g/mol. The van der Waals surface area contributed by atoms with Crippen molar-refractivity contribution >= 4 is 43.5 Å². The second-order valence-electron chi connectivity index (χ2n) is 6.86. The van der Waals surface area contributed by atoms with Crippen molar-refractivity contribution in [3.63, 3.8) is 0 Å². The Morgan fingerprint density at radius 3 is 2.48 bits per heavy atom. The summed E-state index contributed by atoms with van der Waals surface area (Å²) >= 11 is 9.24. The predicted molar refractivity (Wildman–Crippen MR) is 123 cm³/mol. The van der Waals surface area contributed by atoms with E-state index in [0.29, 0.717) is 24.5 Å². The molecule has 0 aliphatic heterocycles. The molecule has 0 bridgehead atoms. The van der Waals surface area contributed by atoms with E-state index in [9.17, 15) is 13.2 Å². The van der Waals surface area contributed by atoms with Gasteiger partial charge in [-0.15, -0.1) is 0 Å². The van der Waals surface area contributed by atoms with Crippen LogP contribution in [-0.2, 0) is 27.9 Å². The Labute approximate surface area is 195 Å². The van der Waals surface area contributed by atoms with E-state index in [1.165, 1.54) is 16.4 Å². The number of aryl methyl sites for hydroxylation is 1. The molecule has 1 aromatic heterocycles. The fraction of sp³-hybridized carbons (Fsp3) is 0.238. The number of hydrogen-bond donors (Lipinski definition) is 1. The highest BCUT2D eigenvalue weighted by molar-refractivity contribution is 9.10. The molecule has 3 aromatic rings. The smallest absolute Gasteiger partial charge is 0.243 e. The third kappa shape index (κ3) is 6.90. The van der Waals surface area contributed by atoms with Crippen LogP contribution < -0.4 is 5.32 Å². The van der Waals surface area contributed by atoms with Crippen LogP contribution in [0.5, 0.6) is 0 Å². The van der Waals surface area contributed by atoms with Gasteiger partial charge >= 0.3 is 0 Å². The molecule has 0 radical (unpaired) electrons. The van der Waals surface area contributed by atoms with Crippen LogP contribution in [0.1, 0.15) is 12.0 Å². The maximum absolute atomic E-state index is 13.2. The second-order valence-corrected chi connectivity index (χ2v) is 10.1. The number of sulfonamides is 1. The zero-order chi connectivity index (χ0) is 22.3. The Kier molecular flexibility index (Phi) is 8.25. The van der Waals surface area contributed by atoms with Gasteiger partial charge in [0.2, 0.25) is 15.9 Å². The van der Waals surface area contributed by atoms with Gasteiger partial charge in [-0.3, -0.25) is 4.79 Å². The molecule has 10 heteroatoms. The van der Waals surface area contributed by atoms with Crippen molar-refractivity contribution < 1.29 is 13.2 Å². The molecule has 0 saturated heterocycles. The standard InChI is InChI=1S/C21H22BrClN4O3S/c22-18-4-8-20(9-5-18)31(29,30)27(14-17-2-6-19(23)7-3-17)15-21(28)25-10-1-12-26-13-11-24-16-26/h2-9,11,13,16H,1,10,12,14-15H2,(H,25,28). The molecule has 0 atom stereocenters. The number of imidazole rings is 1. The molecule has 1 N–H and O–H groups in total. The molecule has 0 aliphatic carbocycles. The molecular formula is C21H22BrClN4O3S. The first-order valence-electron chi connectivity index (χ1n) is 9.57. The second kappa shape index (κ2) is 10.9. The molecular weight excluding hydrogens is 504 g/mol. The van der Waals surface area contributed by atoms with E-state index in [2.05, 4.69) is 26.2 Å². The number of carbonyl (C=O) groups excluding carboxylic acids is 1. The first-order valence-corrected chi connectivity index (χ1v) is 12.2. The summed E-state index contributed by atoms with van der Waals surface area (Å²) in [5, 5.41) is 3.35. The van der Waals surface area contributed by atoms with Gasteiger partial charge in [-0.1, -0.05) is 39.7 Å². The summed E-state index contributed by atoms with van der Waals surface area (Å²) in [7, 11) is -3.88. The fourth-order valence-corrected chi connectivity index (χ4v) is 4.67. The number of hydrogen-bond acceptors (Lipinski definition) is 4. The number of halogens is 2. The Hall–Kier alpha value is -2.20. The normalized spacial score (nSPS) is 11.6. The minimum atomic E-state index is -3.88. The lowest BCUT2D eigenvalue weighted by Gasteiger charge is -2.22. The maximum Gasteiger partial charge on any atom is 0.243 e. The quantitative estimate of drug-likeness (QED) is 0.409. The Morgan fingerprint density at radius 2 is 1.84 bits per heavy atom. The van der Waals surface area contributed by atoms with Crippen molar-refractivity contribution in [2.75, 3.05) is 13.1 Å². The van der Waals surface area contributed by atoms with Crippen LogP contribution in [0.3, 0.4) is 0 Å². The summed E-state index contributed by atoms with van der Waals surface area (Å²) in [6.07, 6.45) is 5.96. The summed E-state index contributed by atoms with van der Waals surface area (Å²) in [6.45, 7) is 0.917. The number of benzene rings is 2. The maximum atomic E-state index is 13.2. The van der Waals surface area contributed by atoms with Gasteiger partial charge in [-0.05, 0) is 48.4 Å². The molecule has 3 rings (SSSR count). The number of rotatable bonds is 10. The van der Waals surface area contributed by atoms with Crippen molar-refractivity contribution in [1.82, 2.24) is 19.2 Å². The average molecular weight is 526 g/mol. The average Bonchev–Trinajstić information content (AvgIpc) is 3.26. The van der Waals surface area contributed by atoms with Crippen LogP contribution in [0.25, 0.3) is 0 Å². The minimum Gasteiger partial charge on any atom is -0.355 e. The van der Waals surface area contributed by atoms with Gasteiger partial charge in [0.05, 0.1) is 17.8 Å². The third-order valence-electron chi connectivity index (χ3n) is 4.52. The Balaban J connectivity index is 1.69. The summed E-state index contributed by atoms with van der Waals surface area (Å²) in [6, 6.07) is 13.2. The van der Waals surface area contributed by atoms with Gasteiger partial charge in [0.25, 0.3) is 0 Å². The highest BCUT2D eigenvalue weighted by Crippen LogP contribution is 2.21. The lowest BCUT2D eigenvalue weighted by molar-refractivity contribution is -0.121. The number of aromatic nitrogens is 2. The summed E-state index contributed by atoms with van der Waals surface area (Å²) in [5.74, 6) is -0.361. The molecule has 1 amide bonds. The zero-order valence-corrected chi connectivity index (χ0v) is 19.8. The van der Waals surface area contributed by atoms with Gasteiger partial charge in [-0.25, -0.2) is 13.4 Å². The number of nitrogens with zero attached hydrogens (tertiary/aromatic N) is 3. The van der Waals surface area contributed by atoms with E-state index in [0.717, 1.165) is 10.0 Å². The molecule has 7 nitrogen and oxygen atoms in total. The van der Waals surface area contributed by atoms with Crippen molar-refractivity contribution in [3.05, 3.63) is 82.3 Å². The predicted octanol–water partition coefficient (Wildman–Crippen LogP) is 3.70. The van der Waals surface area contributed by atoms with Crippen molar-refractivity contribution in [2.24, 2.45) is 0 Å². The summed E-state index contributed by atoms with van der Waals surface area (Å²) < 4.78 is 30.3. The molecule has 0 saturated carbocycles. The highest BCUT2D eigenvalue weighted by Gasteiger charge is 2.26. The number of amides is 1. The molecule has 0 fully saturated rings. The SMILES string of the molecule is O=C(CN(Cc1ccc(Cl)cc1)S(=O)(=O)c1ccc(Br)cc1)NCCCn1ccnc1. The van der Waals surface area contributed by atoms with Crippen molar-refractivity contribution in [3.8, 4) is 0 Å². The van der Waals surface area contributed by atoms with Crippen LogP contribution in [0.4, 0.5) is 0 Å². The van der Waals surface area contributed by atoms with Crippen LogP contribution in [0.15, 0.2) is 76.6 Å². The van der Waals surface area contributed by atoms with Gasteiger partial charge in [0.15, 0.2) is 0 Å². The lowest BCUT2D eigenvalue weighted by atomic mass is 10.2. The first kappa shape index (κ1) is 23.5. The summed E-state index contributed by atoms with van der Waals surface area (Å²) in [5.41, 5.74) is 0.734. The van der Waals surface area contributed by atoms with E-state index >= 15 is 0 Å². The van der Waals surface area contributed by atoms with Gasteiger partial charge in [0, 0.05) is 41.5 Å². The van der Waals surface area contributed by atoms with Crippen molar-refractivity contribution in [2.45, 2.75) is 24.4 Å². The summed E-state index contributed by atoms with van der Waals surface area (Å²) in [4.78, 5) is 16.6. The van der Waals surface area contributed by atoms with Gasteiger partial charge < -0.3 is 9.88 Å². The number of nitrogens with one attached hydrogen (secondary N) is 1. The molecule has 0 aliphatic rings. The van der Waals surface area contributed by atoms with Crippen molar-refractivity contribution in [1.29, 1.82) is 0 Å². The van der Waals surface area contributed by atoms with E-state index < -0.39 is 10.0 Å². The van der Waals surface area contributed by atoms with E-state index in [4.69, 9.17) is 11.6 Å². The zero-order valence-electron chi connectivity index (χ0n) is 16.6. The van der Waals surface area contributed by atoms with Crippen LogP contribution in [0, 0.1) is 0 Å². The Morgan fingerprint density at radius 1 is 1.13 bits per heavy atom. The number of carbonyl (C=O) groups is 1. The van der Waals surface area contributed by atoms with E-state index in [1.807, 2.05) is 10.8 Å². The minimum absolute atomic E-state index is 0.0536. The highest BCUT2D eigenvalue weighted by atomic mass is 79.9. The molecule has 0 spiro atoms. The largest absolute Gasteiger partial charge is 0.355 e. The Bertz CT molecular complexity index is 1090. The molecule has 164 valence electrons.